The van der Waals surface area contributed by atoms with Gasteiger partial charge in [-0.15, -0.1) is 0 Å². The number of hydrogen-bond donors (Lipinski definition) is 2. The van der Waals surface area contributed by atoms with Gasteiger partial charge in [-0.05, 0) is 18.6 Å². The van der Waals surface area contributed by atoms with Crippen molar-refractivity contribution in [2.45, 2.75) is 25.8 Å². The lowest BCUT2D eigenvalue weighted by Gasteiger charge is -2.11. The van der Waals surface area contributed by atoms with Crippen LogP contribution in [-0.2, 0) is 4.79 Å². The molecule has 84 valence electrons. The van der Waals surface area contributed by atoms with E-state index >= 15 is 0 Å². The molecule has 1 atom stereocenters. The van der Waals surface area contributed by atoms with E-state index in [4.69, 9.17) is 11.0 Å². The predicted molar refractivity (Wildman–Crippen MR) is 62.7 cm³/mol. The standard InChI is InChI=1S/C12H15N3O/c1-2-5-10(14)12(16)15-11-7-4-3-6-9(11)8-13/h3-4,6-7,10H,2,5,14H2,1H3,(H,15,16)/t10-/m0/s1. The van der Waals surface area contributed by atoms with Crippen LogP contribution in [0.4, 0.5) is 5.69 Å². The number of hydrogen-bond acceptors (Lipinski definition) is 3. The molecule has 0 heterocycles. The molecule has 0 aliphatic rings. The van der Waals surface area contributed by atoms with Crippen molar-refractivity contribution in [2.75, 3.05) is 5.32 Å². The lowest BCUT2D eigenvalue weighted by atomic mass is 10.1. The number of anilines is 1. The van der Waals surface area contributed by atoms with Crippen LogP contribution in [0.15, 0.2) is 24.3 Å². The predicted octanol–water partition coefficient (Wildman–Crippen LogP) is 1.62. The third-order valence-electron chi connectivity index (χ3n) is 2.24. The Balaban J connectivity index is 2.74. The van der Waals surface area contributed by atoms with Crippen LogP contribution in [0.1, 0.15) is 25.3 Å². The molecule has 0 fully saturated rings. The van der Waals surface area contributed by atoms with Gasteiger partial charge in [0.05, 0.1) is 17.3 Å². The molecule has 16 heavy (non-hydrogen) atoms. The van der Waals surface area contributed by atoms with Crippen LogP contribution in [0.2, 0.25) is 0 Å². The van der Waals surface area contributed by atoms with Gasteiger partial charge in [0.15, 0.2) is 0 Å². The van der Waals surface area contributed by atoms with Crippen molar-refractivity contribution in [1.29, 1.82) is 5.26 Å². The van der Waals surface area contributed by atoms with Gasteiger partial charge in [0.1, 0.15) is 6.07 Å². The van der Waals surface area contributed by atoms with Gasteiger partial charge in [-0.1, -0.05) is 25.5 Å². The van der Waals surface area contributed by atoms with Gasteiger partial charge < -0.3 is 11.1 Å². The molecule has 1 aromatic rings. The molecular weight excluding hydrogens is 202 g/mol. The lowest BCUT2D eigenvalue weighted by Crippen LogP contribution is -2.35. The zero-order valence-electron chi connectivity index (χ0n) is 9.23. The maximum absolute atomic E-state index is 11.6. The van der Waals surface area contributed by atoms with Crippen LogP contribution >= 0.6 is 0 Å². The van der Waals surface area contributed by atoms with Crippen LogP contribution in [0.3, 0.4) is 0 Å². The number of nitrogens with zero attached hydrogens (tertiary/aromatic N) is 1. The number of benzene rings is 1. The first kappa shape index (κ1) is 12.2. The van der Waals surface area contributed by atoms with E-state index in [1.54, 1.807) is 24.3 Å². The van der Waals surface area contributed by atoms with Crippen molar-refractivity contribution in [3.05, 3.63) is 29.8 Å². The number of nitriles is 1. The Hall–Kier alpha value is -1.86. The van der Waals surface area contributed by atoms with Crippen molar-refractivity contribution in [3.8, 4) is 6.07 Å². The number of amides is 1. The minimum atomic E-state index is -0.517. The second-order valence-electron chi connectivity index (χ2n) is 3.54. The highest BCUT2D eigenvalue weighted by atomic mass is 16.2. The zero-order chi connectivity index (χ0) is 12.0. The van der Waals surface area contributed by atoms with Crippen molar-refractivity contribution >= 4 is 11.6 Å². The quantitative estimate of drug-likeness (QED) is 0.804. The summed E-state index contributed by atoms with van der Waals surface area (Å²) in [5, 5.41) is 11.5. The van der Waals surface area contributed by atoms with Crippen molar-refractivity contribution in [3.63, 3.8) is 0 Å². The Morgan fingerprint density at radius 2 is 2.25 bits per heavy atom. The average molecular weight is 217 g/mol. The molecular formula is C12H15N3O. The summed E-state index contributed by atoms with van der Waals surface area (Å²) in [5.41, 5.74) is 6.63. The molecule has 0 aliphatic carbocycles. The number of carbonyl (C=O) groups excluding carboxylic acids is 1. The van der Waals surface area contributed by atoms with Crippen molar-refractivity contribution < 1.29 is 4.79 Å². The molecule has 0 bridgehead atoms. The van der Waals surface area contributed by atoms with E-state index in [1.165, 1.54) is 0 Å². The molecule has 1 amide bonds. The maximum Gasteiger partial charge on any atom is 0.241 e. The Bertz CT molecular complexity index is 409. The first-order valence-electron chi connectivity index (χ1n) is 5.24. The van der Waals surface area contributed by atoms with Crippen LogP contribution in [0.25, 0.3) is 0 Å². The van der Waals surface area contributed by atoms with Crippen LogP contribution < -0.4 is 11.1 Å². The fourth-order valence-corrected chi connectivity index (χ4v) is 1.36. The number of para-hydroxylation sites is 1. The molecule has 0 radical (unpaired) electrons. The highest BCUT2D eigenvalue weighted by molar-refractivity contribution is 5.95. The van der Waals surface area contributed by atoms with Crippen LogP contribution in [0, 0.1) is 11.3 Å². The van der Waals surface area contributed by atoms with Crippen molar-refractivity contribution in [2.24, 2.45) is 5.73 Å². The summed E-state index contributed by atoms with van der Waals surface area (Å²) < 4.78 is 0. The summed E-state index contributed by atoms with van der Waals surface area (Å²) in [7, 11) is 0. The smallest absolute Gasteiger partial charge is 0.241 e. The van der Waals surface area contributed by atoms with E-state index in [1.807, 2.05) is 13.0 Å². The summed E-state index contributed by atoms with van der Waals surface area (Å²) in [6, 6.07) is 8.36. The third kappa shape index (κ3) is 3.07. The molecule has 1 rings (SSSR count). The van der Waals surface area contributed by atoms with E-state index in [9.17, 15) is 4.79 Å². The number of nitrogens with one attached hydrogen (secondary N) is 1. The number of rotatable bonds is 4. The van der Waals surface area contributed by atoms with Gasteiger partial charge in [0, 0.05) is 0 Å². The van der Waals surface area contributed by atoms with Crippen molar-refractivity contribution in [1.82, 2.24) is 0 Å². The Labute approximate surface area is 95.1 Å². The first-order chi connectivity index (χ1) is 7.69. The minimum Gasteiger partial charge on any atom is -0.324 e. The highest BCUT2D eigenvalue weighted by Gasteiger charge is 2.13. The Kier molecular flexibility index (Phi) is 4.49. The zero-order valence-corrected chi connectivity index (χ0v) is 9.23. The van der Waals surface area contributed by atoms with E-state index in [-0.39, 0.29) is 5.91 Å². The molecule has 0 aliphatic heterocycles. The SMILES string of the molecule is CCC[C@H](N)C(=O)Nc1ccccc1C#N. The van der Waals surface area contributed by atoms with Crippen LogP contribution in [0.5, 0.6) is 0 Å². The van der Waals surface area contributed by atoms with E-state index < -0.39 is 6.04 Å². The molecule has 4 nitrogen and oxygen atoms in total. The maximum atomic E-state index is 11.6. The average Bonchev–Trinajstić information content (AvgIpc) is 2.30. The van der Waals surface area contributed by atoms with E-state index in [0.717, 1.165) is 6.42 Å². The third-order valence-corrected chi connectivity index (χ3v) is 2.24. The van der Waals surface area contributed by atoms with Crippen LogP contribution in [-0.4, -0.2) is 11.9 Å². The summed E-state index contributed by atoms with van der Waals surface area (Å²) >= 11 is 0. The second-order valence-corrected chi connectivity index (χ2v) is 3.54. The molecule has 0 spiro atoms. The van der Waals surface area contributed by atoms with Gasteiger partial charge in [0.2, 0.25) is 5.91 Å². The lowest BCUT2D eigenvalue weighted by molar-refractivity contribution is -0.117. The monoisotopic (exact) mass is 217 g/mol. The van der Waals surface area contributed by atoms with Gasteiger partial charge in [0.25, 0.3) is 0 Å². The summed E-state index contributed by atoms with van der Waals surface area (Å²) in [5.74, 6) is -0.246. The second kappa shape index (κ2) is 5.89. The normalized spacial score (nSPS) is 11.6. The molecule has 0 unspecified atom stereocenters. The fourth-order valence-electron chi connectivity index (χ4n) is 1.36. The molecule has 0 saturated carbocycles. The highest BCUT2D eigenvalue weighted by Crippen LogP contribution is 2.13. The van der Waals surface area contributed by atoms with E-state index in [2.05, 4.69) is 5.32 Å². The molecule has 0 saturated heterocycles. The largest absolute Gasteiger partial charge is 0.324 e. The van der Waals surface area contributed by atoms with E-state index in [0.29, 0.717) is 17.7 Å². The summed E-state index contributed by atoms with van der Waals surface area (Å²) in [6.45, 7) is 1.97. The summed E-state index contributed by atoms with van der Waals surface area (Å²) in [4.78, 5) is 11.6. The molecule has 0 aromatic heterocycles. The molecule has 1 aromatic carbocycles. The van der Waals surface area contributed by atoms with Gasteiger partial charge in [-0.2, -0.15) is 5.26 Å². The minimum absolute atomic E-state index is 0.246. The topological polar surface area (TPSA) is 78.9 Å². The molecule has 3 N–H and O–H groups in total. The Morgan fingerprint density at radius 3 is 2.88 bits per heavy atom. The number of nitrogens with two attached hydrogens (primary N) is 1. The van der Waals surface area contributed by atoms with Gasteiger partial charge in [-0.3, -0.25) is 4.79 Å². The van der Waals surface area contributed by atoms with Gasteiger partial charge in [-0.25, -0.2) is 0 Å². The van der Waals surface area contributed by atoms with Gasteiger partial charge >= 0.3 is 0 Å². The molecule has 4 heteroatoms. The fraction of sp³-hybridized carbons (Fsp3) is 0.333. The number of carbonyl (C=O) groups is 1. The summed E-state index contributed by atoms with van der Waals surface area (Å²) in [6.07, 6.45) is 1.50. The Morgan fingerprint density at radius 1 is 1.56 bits per heavy atom. The first-order valence-corrected chi connectivity index (χ1v) is 5.24.